The van der Waals surface area contributed by atoms with E-state index in [0.717, 1.165) is 46.2 Å². The van der Waals surface area contributed by atoms with Crippen molar-refractivity contribution in [3.8, 4) is 0 Å². The third kappa shape index (κ3) is 3.36. The Morgan fingerprint density at radius 3 is 2.75 bits per heavy atom. The number of carbonyl (C=O) groups excluding carboxylic acids is 1. The first-order valence-electron chi connectivity index (χ1n) is 9.04. The molecule has 0 aliphatic heterocycles. The largest absolute Gasteiger partial charge is 0.465 e. The molecule has 0 bridgehead atoms. The van der Waals surface area contributed by atoms with Crippen molar-refractivity contribution in [2.24, 2.45) is 0 Å². The van der Waals surface area contributed by atoms with Gasteiger partial charge in [0, 0.05) is 60.5 Å². The van der Waals surface area contributed by atoms with Crippen LogP contribution in [0.2, 0.25) is 0 Å². The summed E-state index contributed by atoms with van der Waals surface area (Å²) in [5.74, 6) is 0.475. The minimum atomic E-state index is -0.375. The molecule has 4 rings (SSSR count). The fraction of sp³-hybridized carbons (Fsp3) is 0.182. The minimum Gasteiger partial charge on any atom is -0.465 e. The number of hydrogen-bond acceptors (Lipinski definition) is 6. The minimum absolute atomic E-state index is 0.375. The lowest BCUT2D eigenvalue weighted by Crippen LogP contribution is -2.22. The molecule has 0 spiro atoms. The van der Waals surface area contributed by atoms with E-state index >= 15 is 0 Å². The molecule has 3 aromatic heterocycles. The number of ether oxygens (including phenoxy) is 1. The number of hydrogen-bond donors (Lipinski definition) is 0. The molecule has 0 N–H and O–H groups in total. The quantitative estimate of drug-likeness (QED) is 0.393. The van der Waals surface area contributed by atoms with Crippen LogP contribution in [0.1, 0.15) is 16.1 Å². The summed E-state index contributed by atoms with van der Waals surface area (Å²) in [6.45, 7) is 0.767. The van der Waals surface area contributed by atoms with Gasteiger partial charge in [0.2, 0.25) is 0 Å². The summed E-state index contributed by atoms with van der Waals surface area (Å²) in [4.78, 5) is 27.6. The van der Waals surface area contributed by atoms with Crippen LogP contribution in [0.25, 0.3) is 21.7 Å². The second kappa shape index (κ2) is 7.60. The molecule has 4 aromatic rings. The Bertz CT molecular complexity index is 1150. The molecule has 6 nitrogen and oxygen atoms in total. The van der Waals surface area contributed by atoms with Gasteiger partial charge in [0.15, 0.2) is 0 Å². The van der Waals surface area contributed by atoms with Gasteiger partial charge in [0.25, 0.3) is 0 Å². The molecule has 0 fully saturated rings. The predicted octanol–water partition coefficient (Wildman–Crippen LogP) is 3.64. The summed E-state index contributed by atoms with van der Waals surface area (Å²) in [6, 6.07) is 13.3. The molecule has 1 aromatic carbocycles. The van der Waals surface area contributed by atoms with E-state index in [4.69, 9.17) is 9.72 Å². The summed E-state index contributed by atoms with van der Waals surface area (Å²) < 4.78 is 4.84. The first kappa shape index (κ1) is 17.9. The Balaban J connectivity index is 1.77. The van der Waals surface area contributed by atoms with Crippen LogP contribution in [0.15, 0.2) is 61.1 Å². The maximum absolute atomic E-state index is 11.9. The van der Waals surface area contributed by atoms with Gasteiger partial charge in [-0.2, -0.15) is 0 Å². The van der Waals surface area contributed by atoms with Gasteiger partial charge in [0.05, 0.1) is 18.2 Å². The predicted molar refractivity (Wildman–Crippen MR) is 110 cm³/mol. The number of aromatic nitrogens is 3. The van der Waals surface area contributed by atoms with E-state index in [1.54, 1.807) is 24.5 Å². The number of anilines is 1. The van der Waals surface area contributed by atoms with Crippen molar-refractivity contribution < 1.29 is 9.53 Å². The molecule has 0 aliphatic carbocycles. The molecule has 0 saturated carbocycles. The van der Waals surface area contributed by atoms with Gasteiger partial charge < -0.3 is 9.64 Å². The third-order valence-corrected chi connectivity index (χ3v) is 4.79. The highest BCUT2D eigenvalue weighted by atomic mass is 16.5. The number of fused-ring (bicyclic) bond motifs is 3. The van der Waals surface area contributed by atoms with Crippen molar-refractivity contribution >= 4 is 33.5 Å². The van der Waals surface area contributed by atoms with Gasteiger partial charge in [-0.25, -0.2) is 9.78 Å². The first-order valence-corrected chi connectivity index (χ1v) is 9.04. The highest BCUT2D eigenvalue weighted by Gasteiger charge is 2.14. The Hall–Kier alpha value is -3.54. The second-order valence-corrected chi connectivity index (χ2v) is 6.57. The van der Waals surface area contributed by atoms with Crippen molar-refractivity contribution in [2.75, 3.05) is 25.6 Å². The van der Waals surface area contributed by atoms with E-state index in [2.05, 4.69) is 14.9 Å². The fourth-order valence-electron chi connectivity index (χ4n) is 3.30. The average molecular weight is 372 g/mol. The fourth-order valence-corrected chi connectivity index (χ4v) is 3.30. The zero-order valence-corrected chi connectivity index (χ0v) is 15.8. The van der Waals surface area contributed by atoms with Gasteiger partial charge in [-0.3, -0.25) is 9.97 Å². The van der Waals surface area contributed by atoms with E-state index in [0.29, 0.717) is 5.56 Å². The summed E-state index contributed by atoms with van der Waals surface area (Å²) in [7, 11) is 3.39. The van der Waals surface area contributed by atoms with E-state index in [1.165, 1.54) is 7.11 Å². The molecule has 3 heterocycles. The molecular formula is C22H20N4O2. The molecule has 0 radical (unpaired) electrons. The Morgan fingerprint density at radius 2 is 1.96 bits per heavy atom. The summed E-state index contributed by atoms with van der Waals surface area (Å²) in [5.41, 5.74) is 2.25. The van der Waals surface area contributed by atoms with Crippen molar-refractivity contribution in [3.05, 3.63) is 72.3 Å². The van der Waals surface area contributed by atoms with Crippen LogP contribution < -0.4 is 4.90 Å². The van der Waals surface area contributed by atoms with Crippen LogP contribution in [-0.4, -0.2) is 41.6 Å². The normalized spacial score (nSPS) is 10.9. The molecule has 6 heteroatoms. The van der Waals surface area contributed by atoms with Gasteiger partial charge >= 0.3 is 5.97 Å². The van der Waals surface area contributed by atoms with E-state index in [-0.39, 0.29) is 5.97 Å². The van der Waals surface area contributed by atoms with Gasteiger partial charge in [-0.05, 0) is 30.3 Å². The molecule has 0 atom stereocenters. The standard InChI is InChI=1S/C22H20N4O2/c1-26(12-9-16-5-3-4-10-24-16)21-18-8-11-23-14-19(18)17-7-6-15(22(27)28-2)13-20(17)25-21/h3-8,10-11,13-14H,9,12H2,1-2H3. The summed E-state index contributed by atoms with van der Waals surface area (Å²) >= 11 is 0. The Morgan fingerprint density at radius 1 is 1.07 bits per heavy atom. The number of benzene rings is 1. The van der Waals surface area contributed by atoms with Crippen LogP contribution in [-0.2, 0) is 11.2 Å². The van der Waals surface area contributed by atoms with Gasteiger partial charge in [0.1, 0.15) is 5.82 Å². The molecule has 140 valence electrons. The molecule has 28 heavy (non-hydrogen) atoms. The van der Waals surface area contributed by atoms with Crippen LogP contribution in [0, 0.1) is 0 Å². The Labute approximate surface area is 162 Å². The maximum Gasteiger partial charge on any atom is 0.337 e. The topological polar surface area (TPSA) is 68.2 Å². The van der Waals surface area contributed by atoms with Crippen molar-refractivity contribution in [3.63, 3.8) is 0 Å². The van der Waals surface area contributed by atoms with Crippen LogP contribution in [0.5, 0.6) is 0 Å². The second-order valence-electron chi connectivity index (χ2n) is 6.57. The first-order chi connectivity index (χ1) is 13.7. The molecule has 0 amide bonds. The number of nitrogens with zero attached hydrogens (tertiary/aromatic N) is 4. The molecular weight excluding hydrogens is 352 g/mol. The van der Waals surface area contributed by atoms with Crippen molar-refractivity contribution in [1.29, 1.82) is 0 Å². The number of carbonyl (C=O) groups is 1. The number of likely N-dealkylation sites (N-methyl/N-ethyl adjacent to an activating group) is 1. The van der Waals surface area contributed by atoms with Crippen LogP contribution in [0.4, 0.5) is 5.82 Å². The van der Waals surface area contributed by atoms with Crippen LogP contribution in [0.3, 0.4) is 0 Å². The lowest BCUT2D eigenvalue weighted by Gasteiger charge is -2.21. The molecule has 0 saturated heterocycles. The zero-order valence-electron chi connectivity index (χ0n) is 15.8. The van der Waals surface area contributed by atoms with Crippen molar-refractivity contribution in [2.45, 2.75) is 6.42 Å². The average Bonchev–Trinajstić information content (AvgIpc) is 2.76. The smallest absolute Gasteiger partial charge is 0.337 e. The number of esters is 1. The van der Waals surface area contributed by atoms with Crippen molar-refractivity contribution in [1.82, 2.24) is 15.0 Å². The van der Waals surface area contributed by atoms with E-state index < -0.39 is 0 Å². The highest BCUT2D eigenvalue weighted by molar-refractivity contribution is 6.11. The third-order valence-electron chi connectivity index (χ3n) is 4.79. The lowest BCUT2D eigenvalue weighted by atomic mass is 10.1. The maximum atomic E-state index is 11.9. The summed E-state index contributed by atoms with van der Waals surface area (Å²) in [5, 5.41) is 2.98. The van der Waals surface area contributed by atoms with E-state index in [1.807, 2.05) is 43.6 Å². The Kier molecular flexibility index (Phi) is 4.85. The van der Waals surface area contributed by atoms with E-state index in [9.17, 15) is 4.79 Å². The number of rotatable bonds is 5. The highest BCUT2D eigenvalue weighted by Crippen LogP contribution is 2.31. The molecule has 0 unspecified atom stereocenters. The van der Waals surface area contributed by atoms with Crippen LogP contribution >= 0.6 is 0 Å². The summed E-state index contributed by atoms with van der Waals surface area (Å²) in [6.07, 6.45) is 6.23. The number of pyridine rings is 3. The zero-order chi connectivity index (χ0) is 19.5. The number of methoxy groups -OCH3 is 1. The van der Waals surface area contributed by atoms with Gasteiger partial charge in [-0.1, -0.05) is 12.1 Å². The lowest BCUT2D eigenvalue weighted by molar-refractivity contribution is 0.0601. The monoisotopic (exact) mass is 372 g/mol. The van der Waals surface area contributed by atoms with Gasteiger partial charge in [-0.15, -0.1) is 0 Å². The molecule has 0 aliphatic rings. The SMILES string of the molecule is COC(=O)c1ccc2c(c1)nc(N(C)CCc1ccccn1)c1ccncc12.